The molecule has 1 aliphatic carbocycles. The van der Waals surface area contributed by atoms with Gasteiger partial charge in [0.25, 0.3) is 11.8 Å². The summed E-state index contributed by atoms with van der Waals surface area (Å²) >= 11 is 0. The summed E-state index contributed by atoms with van der Waals surface area (Å²) in [6.07, 6.45) is 4.13. The Bertz CT molecular complexity index is 789. The van der Waals surface area contributed by atoms with Crippen molar-refractivity contribution >= 4 is 33.7 Å². The van der Waals surface area contributed by atoms with Crippen LogP contribution >= 0.6 is 0 Å². The molecule has 156 valence electrons. The van der Waals surface area contributed by atoms with Gasteiger partial charge in [0.05, 0.1) is 11.5 Å². The maximum absolute atomic E-state index is 12.6. The van der Waals surface area contributed by atoms with Crippen LogP contribution in [0.2, 0.25) is 0 Å². The van der Waals surface area contributed by atoms with Gasteiger partial charge in [-0.25, -0.2) is 13.2 Å². The molecular weight excluding hydrogens is 390 g/mol. The fourth-order valence-corrected chi connectivity index (χ4v) is 5.79. The number of carbonyl (C=O) groups excluding carboxylic acids is 4. The number of carbonyl (C=O) groups is 4. The Kier molecular flexibility index (Phi) is 5.64. The molecule has 10 nitrogen and oxygen atoms in total. The zero-order valence-electron chi connectivity index (χ0n) is 15.8. The van der Waals surface area contributed by atoms with Crippen LogP contribution in [0.5, 0.6) is 0 Å². The van der Waals surface area contributed by atoms with Crippen LogP contribution < -0.4 is 5.32 Å². The van der Waals surface area contributed by atoms with Crippen LogP contribution in [0.25, 0.3) is 0 Å². The Labute approximate surface area is 163 Å². The van der Waals surface area contributed by atoms with Gasteiger partial charge < -0.3 is 15.0 Å². The highest BCUT2D eigenvalue weighted by molar-refractivity contribution is 7.91. The number of nitrogens with one attached hydrogen (secondary N) is 1. The average molecular weight is 415 g/mol. The van der Waals surface area contributed by atoms with E-state index in [-0.39, 0.29) is 11.5 Å². The van der Waals surface area contributed by atoms with E-state index in [4.69, 9.17) is 4.74 Å². The van der Waals surface area contributed by atoms with E-state index in [1.165, 1.54) is 11.9 Å². The summed E-state index contributed by atoms with van der Waals surface area (Å²) in [4.78, 5) is 51.0. The van der Waals surface area contributed by atoms with E-state index < -0.39 is 58.4 Å². The number of amides is 4. The van der Waals surface area contributed by atoms with Crippen molar-refractivity contribution in [1.29, 1.82) is 0 Å². The quantitative estimate of drug-likeness (QED) is 0.470. The molecule has 0 aromatic heterocycles. The molecule has 1 unspecified atom stereocenters. The van der Waals surface area contributed by atoms with Gasteiger partial charge in [-0.1, -0.05) is 19.3 Å². The van der Waals surface area contributed by atoms with Crippen LogP contribution in [0.15, 0.2) is 0 Å². The minimum Gasteiger partial charge on any atom is -0.454 e. The molecule has 11 heteroatoms. The zero-order valence-corrected chi connectivity index (χ0v) is 16.6. The number of urea groups is 1. The summed E-state index contributed by atoms with van der Waals surface area (Å²) in [5, 5.41) is 2.70. The van der Waals surface area contributed by atoms with Crippen LogP contribution in [0.1, 0.15) is 38.5 Å². The molecule has 1 N–H and O–H groups in total. The van der Waals surface area contributed by atoms with Crippen molar-refractivity contribution in [2.24, 2.45) is 0 Å². The minimum absolute atomic E-state index is 0.0308. The highest BCUT2D eigenvalue weighted by atomic mass is 32.2. The molecule has 0 aromatic carbocycles. The number of esters is 1. The number of hydrogen-bond acceptors (Lipinski definition) is 7. The summed E-state index contributed by atoms with van der Waals surface area (Å²) in [7, 11) is -1.67. The van der Waals surface area contributed by atoms with Gasteiger partial charge in [-0.3, -0.25) is 19.3 Å². The number of sulfone groups is 1. The third-order valence-corrected chi connectivity index (χ3v) is 7.50. The summed E-state index contributed by atoms with van der Waals surface area (Å²) in [5.74, 6) is -1.89. The van der Waals surface area contributed by atoms with Crippen molar-refractivity contribution < 1.29 is 32.3 Å². The molecule has 4 amide bonds. The molecule has 0 radical (unpaired) electrons. The van der Waals surface area contributed by atoms with Crippen LogP contribution in [0.3, 0.4) is 0 Å². The standard InChI is InChI=1S/C17H25N3O7S/c1-19(12-5-8-28(25,26)11-12)13(21)10-27-14(22)9-20-15(23)17(18-16(20)24)6-3-2-4-7-17/h12H,2-11H2,1H3,(H,18,24). The molecule has 3 rings (SSSR count). The normalized spacial score (nSPS) is 25.6. The summed E-state index contributed by atoms with van der Waals surface area (Å²) < 4.78 is 28.0. The maximum Gasteiger partial charge on any atom is 0.326 e. The highest BCUT2D eigenvalue weighted by Gasteiger charge is 2.51. The van der Waals surface area contributed by atoms with Crippen molar-refractivity contribution in [1.82, 2.24) is 15.1 Å². The second-order valence-corrected chi connectivity index (χ2v) is 9.92. The van der Waals surface area contributed by atoms with Crippen molar-refractivity contribution in [3.05, 3.63) is 0 Å². The molecule has 1 atom stereocenters. The van der Waals surface area contributed by atoms with Gasteiger partial charge in [-0.05, 0) is 19.3 Å². The van der Waals surface area contributed by atoms with Crippen LogP contribution in [0.4, 0.5) is 4.79 Å². The molecule has 0 aromatic rings. The fourth-order valence-electron chi connectivity index (χ4n) is 4.02. The number of imide groups is 1. The molecule has 3 aliphatic rings. The van der Waals surface area contributed by atoms with Crippen LogP contribution in [0, 0.1) is 0 Å². The largest absolute Gasteiger partial charge is 0.454 e. The molecule has 28 heavy (non-hydrogen) atoms. The Hall–Kier alpha value is -2.17. The Morgan fingerprint density at radius 2 is 1.93 bits per heavy atom. The topological polar surface area (TPSA) is 130 Å². The molecular formula is C17H25N3O7S. The average Bonchev–Trinajstić information content (AvgIpc) is 3.12. The van der Waals surface area contributed by atoms with Crippen molar-refractivity contribution in [3.8, 4) is 0 Å². The van der Waals surface area contributed by atoms with Gasteiger partial charge in [-0.15, -0.1) is 0 Å². The Morgan fingerprint density at radius 3 is 2.54 bits per heavy atom. The zero-order chi connectivity index (χ0) is 20.5. The van der Waals surface area contributed by atoms with Gasteiger partial charge in [0.15, 0.2) is 16.4 Å². The monoisotopic (exact) mass is 415 g/mol. The van der Waals surface area contributed by atoms with E-state index in [1.54, 1.807) is 0 Å². The SMILES string of the molecule is CN(C(=O)COC(=O)CN1C(=O)NC2(CCCCC2)C1=O)C1CCS(=O)(=O)C1. The lowest BCUT2D eigenvalue weighted by atomic mass is 9.82. The number of rotatable bonds is 5. The number of likely N-dealkylation sites (N-methyl/N-ethyl adjacent to an activating group) is 1. The first-order valence-corrected chi connectivity index (χ1v) is 11.2. The van der Waals surface area contributed by atoms with Crippen LogP contribution in [-0.4, -0.2) is 85.3 Å². The highest BCUT2D eigenvalue weighted by Crippen LogP contribution is 2.33. The maximum atomic E-state index is 12.6. The predicted molar refractivity (Wildman–Crippen MR) is 96.8 cm³/mol. The third-order valence-electron chi connectivity index (χ3n) is 5.75. The first-order chi connectivity index (χ1) is 13.1. The summed E-state index contributed by atoms with van der Waals surface area (Å²) in [5.41, 5.74) is -0.917. The number of ether oxygens (including phenoxy) is 1. The molecule has 1 saturated carbocycles. The lowest BCUT2D eigenvalue weighted by molar-refractivity contribution is -0.154. The second kappa shape index (κ2) is 7.69. The van der Waals surface area contributed by atoms with E-state index in [9.17, 15) is 27.6 Å². The Balaban J connectivity index is 1.49. The van der Waals surface area contributed by atoms with Gasteiger partial charge >= 0.3 is 12.0 Å². The first kappa shape index (κ1) is 20.6. The number of hydrogen-bond donors (Lipinski definition) is 1. The second-order valence-electron chi connectivity index (χ2n) is 7.69. The molecule has 0 bridgehead atoms. The first-order valence-electron chi connectivity index (χ1n) is 9.39. The lowest BCUT2D eigenvalue weighted by Crippen LogP contribution is -2.48. The van der Waals surface area contributed by atoms with Crippen LogP contribution in [-0.2, 0) is 29.0 Å². The van der Waals surface area contributed by atoms with Crippen molar-refractivity contribution in [3.63, 3.8) is 0 Å². The number of nitrogens with zero attached hydrogens (tertiary/aromatic N) is 2. The lowest BCUT2D eigenvalue weighted by Gasteiger charge is -2.30. The third kappa shape index (κ3) is 4.13. The molecule has 1 spiro atoms. The van der Waals surface area contributed by atoms with E-state index in [0.717, 1.165) is 24.2 Å². The molecule has 3 fully saturated rings. The van der Waals surface area contributed by atoms with Gasteiger partial charge in [0.2, 0.25) is 0 Å². The molecule has 2 saturated heterocycles. The van der Waals surface area contributed by atoms with E-state index in [2.05, 4.69) is 5.32 Å². The van der Waals surface area contributed by atoms with Crippen molar-refractivity contribution in [2.75, 3.05) is 31.7 Å². The van der Waals surface area contributed by atoms with E-state index in [0.29, 0.717) is 19.3 Å². The smallest absolute Gasteiger partial charge is 0.326 e. The molecule has 2 heterocycles. The summed E-state index contributed by atoms with van der Waals surface area (Å²) in [6.45, 7) is -1.12. The minimum atomic E-state index is -3.14. The predicted octanol–water partition coefficient (Wildman–Crippen LogP) is -0.570. The molecule has 2 aliphatic heterocycles. The van der Waals surface area contributed by atoms with Gasteiger partial charge in [-0.2, -0.15) is 0 Å². The van der Waals surface area contributed by atoms with E-state index >= 15 is 0 Å². The van der Waals surface area contributed by atoms with Gasteiger partial charge in [0, 0.05) is 13.1 Å². The van der Waals surface area contributed by atoms with Crippen molar-refractivity contribution in [2.45, 2.75) is 50.1 Å². The Morgan fingerprint density at radius 1 is 1.25 bits per heavy atom. The van der Waals surface area contributed by atoms with Gasteiger partial charge in [0.1, 0.15) is 12.1 Å². The fraction of sp³-hybridized carbons (Fsp3) is 0.765. The van der Waals surface area contributed by atoms with E-state index in [1.807, 2.05) is 0 Å². The summed E-state index contributed by atoms with van der Waals surface area (Å²) in [6, 6.07) is -1.06.